The quantitative estimate of drug-likeness (QED) is 0.752. The van der Waals surface area contributed by atoms with Crippen molar-refractivity contribution in [3.8, 4) is 11.8 Å². The third-order valence-corrected chi connectivity index (χ3v) is 2.58. The fourth-order valence-electron chi connectivity index (χ4n) is 1.64. The molecule has 0 spiro atoms. The lowest BCUT2D eigenvalue weighted by Gasteiger charge is -2.05. The van der Waals surface area contributed by atoms with Gasteiger partial charge in [0.05, 0.1) is 18.2 Å². The van der Waals surface area contributed by atoms with Gasteiger partial charge in [0.25, 0.3) is 0 Å². The molecular formula is C15H14N2O. The SMILES string of the molecule is N#Cc1ccc(OCCCc2cccnc2)cc1. The van der Waals surface area contributed by atoms with Crippen molar-refractivity contribution in [2.45, 2.75) is 12.8 Å². The van der Waals surface area contributed by atoms with Crippen molar-refractivity contribution in [2.75, 3.05) is 6.61 Å². The van der Waals surface area contributed by atoms with Gasteiger partial charge < -0.3 is 4.74 Å². The van der Waals surface area contributed by atoms with Gasteiger partial charge in [-0.1, -0.05) is 6.07 Å². The summed E-state index contributed by atoms with van der Waals surface area (Å²) < 4.78 is 5.60. The van der Waals surface area contributed by atoms with Crippen molar-refractivity contribution in [3.05, 3.63) is 59.9 Å². The molecule has 0 radical (unpaired) electrons. The summed E-state index contributed by atoms with van der Waals surface area (Å²) in [4.78, 5) is 4.07. The normalized spacial score (nSPS) is 9.72. The zero-order valence-electron chi connectivity index (χ0n) is 10.0. The lowest BCUT2D eigenvalue weighted by Crippen LogP contribution is -1.99. The number of aromatic nitrogens is 1. The molecule has 0 atom stereocenters. The molecule has 1 heterocycles. The number of ether oxygens (including phenoxy) is 1. The summed E-state index contributed by atoms with van der Waals surface area (Å²) in [6.45, 7) is 0.667. The Morgan fingerprint density at radius 1 is 1.17 bits per heavy atom. The van der Waals surface area contributed by atoms with Crippen LogP contribution in [0.1, 0.15) is 17.5 Å². The Balaban J connectivity index is 1.74. The highest BCUT2D eigenvalue weighted by atomic mass is 16.5. The lowest BCUT2D eigenvalue weighted by molar-refractivity contribution is 0.311. The van der Waals surface area contributed by atoms with Crippen LogP contribution >= 0.6 is 0 Å². The largest absolute Gasteiger partial charge is 0.494 e. The van der Waals surface area contributed by atoms with Crippen molar-refractivity contribution in [2.24, 2.45) is 0 Å². The molecule has 0 aliphatic rings. The number of nitriles is 1. The van der Waals surface area contributed by atoms with Gasteiger partial charge in [-0.05, 0) is 48.7 Å². The molecule has 0 amide bonds. The molecule has 0 fully saturated rings. The maximum absolute atomic E-state index is 8.67. The van der Waals surface area contributed by atoms with Crippen LogP contribution in [0.25, 0.3) is 0 Å². The van der Waals surface area contributed by atoms with Crippen molar-refractivity contribution in [1.82, 2.24) is 4.98 Å². The molecule has 0 saturated heterocycles. The van der Waals surface area contributed by atoms with Gasteiger partial charge in [0.2, 0.25) is 0 Å². The van der Waals surface area contributed by atoms with Gasteiger partial charge in [-0.15, -0.1) is 0 Å². The highest BCUT2D eigenvalue weighted by Crippen LogP contribution is 2.12. The van der Waals surface area contributed by atoms with E-state index in [1.54, 1.807) is 18.3 Å². The number of hydrogen-bond acceptors (Lipinski definition) is 3. The molecule has 2 rings (SSSR count). The average Bonchev–Trinajstić information content (AvgIpc) is 2.45. The molecule has 0 aliphatic carbocycles. The van der Waals surface area contributed by atoms with Crippen LogP contribution in [0.5, 0.6) is 5.75 Å². The highest BCUT2D eigenvalue weighted by Gasteiger charge is 1.96. The second kappa shape index (κ2) is 6.41. The van der Waals surface area contributed by atoms with Crippen LogP contribution in [-0.2, 0) is 6.42 Å². The van der Waals surface area contributed by atoms with E-state index in [9.17, 15) is 0 Å². The Morgan fingerprint density at radius 3 is 2.67 bits per heavy atom. The monoisotopic (exact) mass is 238 g/mol. The topological polar surface area (TPSA) is 45.9 Å². The van der Waals surface area contributed by atoms with Crippen LogP contribution in [-0.4, -0.2) is 11.6 Å². The molecule has 0 saturated carbocycles. The number of aryl methyl sites for hydroxylation is 1. The molecule has 2 aromatic rings. The maximum Gasteiger partial charge on any atom is 0.119 e. The second-order valence-corrected chi connectivity index (χ2v) is 3.95. The molecule has 90 valence electrons. The molecule has 0 unspecified atom stereocenters. The molecule has 3 heteroatoms. The Morgan fingerprint density at radius 2 is 2.00 bits per heavy atom. The molecule has 18 heavy (non-hydrogen) atoms. The zero-order chi connectivity index (χ0) is 12.6. The fraction of sp³-hybridized carbons (Fsp3) is 0.200. The van der Waals surface area contributed by atoms with Gasteiger partial charge in [0.1, 0.15) is 5.75 Å². The molecular weight excluding hydrogens is 224 g/mol. The smallest absolute Gasteiger partial charge is 0.119 e. The maximum atomic E-state index is 8.67. The van der Waals surface area contributed by atoms with E-state index in [2.05, 4.69) is 17.1 Å². The van der Waals surface area contributed by atoms with Crippen LogP contribution in [0.15, 0.2) is 48.8 Å². The fourth-order valence-corrected chi connectivity index (χ4v) is 1.64. The number of benzene rings is 1. The summed E-state index contributed by atoms with van der Waals surface area (Å²) in [6.07, 6.45) is 5.56. The van der Waals surface area contributed by atoms with E-state index in [0.717, 1.165) is 18.6 Å². The van der Waals surface area contributed by atoms with E-state index in [4.69, 9.17) is 10.00 Å². The van der Waals surface area contributed by atoms with E-state index in [1.165, 1.54) is 5.56 Å². The number of nitrogens with zero attached hydrogens (tertiary/aromatic N) is 2. The Bertz CT molecular complexity index is 514. The third-order valence-electron chi connectivity index (χ3n) is 2.58. The molecule has 0 aliphatic heterocycles. The number of hydrogen-bond donors (Lipinski definition) is 0. The molecule has 1 aromatic carbocycles. The summed E-state index contributed by atoms with van der Waals surface area (Å²) in [5.41, 5.74) is 1.87. The van der Waals surface area contributed by atoms with Gasteiger partial charge in [-0.3, -0.25) is 4.98 Å². The van der Waals surface area contributed by atoms with Gasteiger partial charge in [0, 0.05) is 12.4 Å². The minimum absolute atomic E-state index is 0.651. The zero-order valence-corrected chi connectivity index (χ0v) is 10.0. The highest BCUT2D eigenvalue weighted by molar-refractivity contribution is 5.34. The summed E-state index contributed by atoms with van der Waals surface area (Å²) >= 11 is 0. The van der Waals surface area contributed by atoms with E-state index in [-0.39, 0.29) is 0 Å². The second-order valence-electron chi connectivity index (χ2n) is 3.95. The van der Waals surface area contributed by atoms with Gasteiger partial charge >= 0.3 is 0 Å². The van der Waals surface area contributed by atoms with Crippen molar-refractivity contribution in [3.63, 3.8) is 0 Å². The van der Waals surface area contributed by atoms with Crippen molar-refractivity contribution < 1.29 is 4.74 Å². The van der Waals surface area contributed by atoms with Crippen LogP contribution in [0.4, 0.5) is 0 Å². The first kappa shape index (κ1) is 12.1. The Kier molecular flexibility index (Phi) is 4.32. The van der Waals surface area contributed by atoms with Crippen LogP contribution in [0.3, 0.4) is 0 Å². The average molecular weight is 238 g/mol. The molecule has 3 nitrogen and oxygen atoms in total. The van der Waals surface area contributed by atoms with Crippen LogP contribution < -0.4 is 4.74 Å². The molecule has 0 bridgehead atoms. The van der Waals surface area contributed by atoms with Crippen molar-refractivity contribution >= 4 is 0 Å². The third kappa shape index (κ3) is 3.60. The van der Waals surface area contributed by atoms with Crippen molar-refractivity contribution in [1.29, 1.82) is 5.26 Å². The van der Waals surface area contributed by atoms with Crippen LogP contribution in [0, 0.1) is 11.3 Å². The predicted octanol–water partition coefficient (Wildman–Crippen LogP) is 2.96. The van der Waals surface area contributed by atoms with Gasteiger partial charge in [0.15, 0.2) is 0 Å². The standard InChI is InChI=1S/C15H14N2O/c16-11-13-5-7-15(8-6-13)18-10-2-4-14-3-1-9-17-12-14/h1,3,5-9,12H,2,4,10H2. The van der Waals surface area contributed by atoms with E-state index in [1.807, 2.05) is 24.4 Å². The molecule has 1 aromatic heterocycles. The lowest BCUT2D eigenvalue weighted by atomic mass is 10.2. The number of rotatable bonds is 5. The van der Waals surface area contributed by atoms with Gasteiger partial charge in [-0.25, -0.2) is 0 Å². The summed E-state index contributed by atoms with van der Waals surface area (Å²) in [5.74, 6) is 0.806. The van der Waals surface area contributed by atoms with Crippen LogP contribution in [0.2, 0.25) is 0 Å². The minimum atomic E-state index is 0.651. The van der Waals surface area contributed by atoms with E-state index >= 15 is 0 Å². The first-order chi connectivity index (χ1) is 8.88. The Hall–Kier alpha value is -2.34. The predicted molar refractivity (Wildman–Crippen MR) is 69.2 cm³/mol. The van der Waals surface area contributed by atoms with Gasteiger partial charge in [-0.2, -0.15) is 5.26 Å². The number of pyridine rings is 1. The first-order valence-electron chi connectivity index (χ1n) is 5.90. The van der Waals surface area contributed by atoms with E-state index in [0.29, 0.717) is 12.2 Å². The van der Waals surface area contributed by atoms with E-state index < -0.39 is 0 Å². The summed E-state index contributed by atoms with van der Waals surface area (Å²) in [6, 6.07) is 13.3. The summed E-state index contributed by atoms with van der Waals surface area (Å²) in [7, 11) is 0. The minimum Gasteiger partial charge on any atom is -0.494 e. The molecule has 0 N–H and O–H groups in total. The Labute approximate surface area is 107 Å². The summed E-state index contributed by atoms with van der Waals surface area (Å²) in [5, 5.41) is 8.67. The first-order valence-corrected chi connectivity index (χ1v) is 5.90.